The first-order valence-electron chi connectivity index (χ1n) is 5.72. The first-order valence-corrected chi connectivity index (χ1v) is 6.51. The molecule has 0 saturated carbocycles. The van der Waals surface area contributed by atoms with Gasteiger partial charge >= 0.3 is 6.09 Å². The van der Waals surface area contributed by atoms with Crippen LogP contribution in [0.4, 0.5) is 9.18 Å². The monoisotopic (exact) mass is 329 g/mol. The number of carbonyl (C=O) groups excluding carboxylic acids is 2. The summed E-state index contributed by atoms with van der Waals surface area (Å²) in [7, 11) is 0. The van der Waals surface area contributed by atoms with Crippen LogP contribution in [0.2, 0.25) is 0 Å². The quantitative estimate of drug-likeness (QED) is 0.732. The number of carbonyl (C=O) groups is 2. The molecular formula is C13H13BrFNO3. The van der Waals surface area contributed by atoms with E-state index in [-0.39, 0.29) is 11.0 Å². The zero-order valence-corrected chi connectivity index (χ0v) is 12.4. The van der Waals surface area contributed by atoms with E-state index in [1.54, 1.807) is 20.8 Å². The van der Waals surface area contributed by atoms with Crippen molar-refractivity contribution >= 4 is 27.9 Å². The van der Waals surface area contributed by atoms with Crippen LogP contribution in [0.15, 0.2) is 16.6 Å². The van der Waals surface area contributed by atoms with Crippen molar-refractivity contribution in [2.45, 2.75) is 32.9 Å². The first kappa shape index (κ1) is 14.0. The number of hydrogen-bond acceptors (Lipinski definition) is 3. The summed E-state index contributed by atoms with van der Waals surface area (Å²) in [6.45, 7) is 5.19. The molecule has 2 amide bonds. The van der Waals surface area contributed by atoms with E-state index in [4.69, 9.17) is 4.74 Å². The molecule has 2 rings (SSSR count). The highest BCUT2D eigenvalue weighted by molar-refractivity contribution is 9.10. The van der Waals surface area contributed by atoms with Crippen molar-refractivity contribution in [1.82, 2.24) is 4.90 Å². The molecule has 1 aromatic rings. The van der Waals surface area contributed by atoms with Crippen molar-refractivity contribution in [3.8, 4) is 0 Å². The number of halogens is 2. The average Bonchev–Trinajstić information content (AvgIpc) is 2.55. The van der Waals surface area contributed by atoms with E-state index < -0.39 is 23.4 Å². The van der Waals surface area contributed by atoms with Gasteiger partial charge < -0.3 is 4.74 Å². The number of amides is 2. The average molecular weight is 330 g/mol. The molecular weight excluding hydrogens is 317 g/mol. The summed E-state index contributed by atoms with van der Waals surface area (Å²) in [6.07, 6.45) is -0.717. The van der Waals surface area contributed by atoms with Gasteiger partial charge in [-0.2, -0.15) is 0 Å². The van der Waals surface area contributed by atoms with Crippen molar-refractivity contribution < 1.29 is 18.7 Å². The normalized spacial score (nSPS) is 14.6. The van der Waals surface area contributed by atoms with Crippen LogP contribution in [0.25, 0.3) is 0 Å². The predicted octanol–water partition coefficient (Wildman–Crippen LogP) is 3.48. The number of nitrogens with zero attached hydrogens (tertiary/aromatic N) is 1. The molecule has 0 bridgehead atoms. The summed E-state index contributed by atoms with van der Waals surface area (Å²) in [5.74, 6) is -0.928. The molecule has 0 fully saturated rings. The minimum absolute atomic E-state index is 0.0350. The lowest BCUT2D eigenvalue weighted by Crippen LogP contribution is -2.36. The predicted molar refractivity (Wildman–Crippen MR) is 70.2 cm³/mol. The van der Waals surface area contributed by atoms with E-state index in [0.29, 0.717) is 11.1 Å². The van der Waals surface area contributed by atoms with Gasteiger partial charge in [0.25, 0.3) is 5.91 Å². The lowest BCUT2D eigenvalue weighted by molar-refractivity contribution is 0.0248. The second kappa shape index (κ2) is 4.59. The third-order valence-corrected chi connectivity index (χ3v) is 3.17. The molecule has 1 aromatic carbocycles. The van der Waals surface area contributed by atoms with Crippen LogP contribution in [0.5, 0.6) is 0 Å². The molecule has 0 aliphatic carbocycles. The fourth-order valence-corrected chi connectivity index (χ4v) is 2.11. The summed E-state index contributed by atoms with van der Waals surface area (Å²) in [5, 5.41) is 0. The highest BCUT2D eigenvalue weighted by Gasteiger charge is 2.35. The first-order chi connectivity index (χ1) is 8.69. The van der Waals surface area contributed by atoms with Crippen LogP contribution >= 0.6 is 15.9 Å². The topological polar surface area (TPSA) is 46.6 Å². The molecule has 4 nitrogen and oxygen atoms in total. The number of fused-ring (bicyclic) bond motifs is 1. The number of imide groups is 1. The van der Waals surface area contributed by atoms with Gasteiger partial charge in [-0.25, -0.2) is 14.1 Å². The molecule has 1 aliphatic heterocycles. The van der Waals surface area contributed by atoms with E-state index in [9.17, 15) is 14.0 Å². The fraction of sp³-hybridized carbons (Fsp3) is 0.385. The van der Waals surface area contributed by atoms with Crippen LogP contribution in [0, 0.1) is 5.82 Å². The van der Waals surface area contributed by atoms with Crippen molar-refractivity contribution in [2.75, 3.05) is 0 Å². The molecule has 6 heteroatoms. The van der Waals surface area contributed by atoms with Crippen molar-refractivity contribution in [3.05, 3.63) is 33.5 Å². The highest BCUT2D eigenvalue weighted by atomic mass is 79.9. The number of benzene rings is 1. The van der Waals surface area contributed by atoms with Gasteiger partial charge in [-0.05, 0) is 54.4 Å². The molecule has 1 heterocycles. The van der Waals surface area contributed by atoms with Gasteiger partial charge in [0.1, 0.15) is 11.4 Å². The third kappa shape index (κ3) is 2.78. The smallest absolute Gasteiger partial charge is 0.417 e. The molecule has 0 aromatic heterocycles. The lowest BCUT2D eigenvalue weighted by Gasteiger charge is -2.23. The summed E-state index contributed by atoms with van der Waals surface area (Å²) in [6, 6.07) is 2.64. The highest BCUT2D eigenvalue weighted by Crippen LogP contribution is 2.29. The van der Waals surface area contributed by atoms with Crippen molar-refractivity contribution in [1.29, 1.82) is 0 Å². The molecule has 0 N–H and O–H groups in total. The van der Waals surface area contributed by atoms with Crippen LogP contribution in [0.1, 0.15) is 36.7 Å². The Hall–Kier alpha value is -1.43. The maximum atomic E-state index is 13.4. The van der Waals surface area contributed by atoms with E-state index in [2.05, 4.69) is 15.9 Å². The summed E-state index contributed by atoms with van der Waals surface area (Å²) in [5.41, 5.74) is 0.119. The second-order valence-corrected chi connectivity index (χ2v) is 6.15. The Balaban J connectivity index is 2.26. The zero-order valence-electron chi connectivity index (χ0n) is 10.8. The van der Waals surface area contributed by atoms with Gasteiger partial charge in [0.2, 0.25) is 0 Å². The molecule has 0 radical (unpaired) electrons. The number of ether oxygens (including phenoxy) is 1. The van der Waals surface area contributed by atoms with E-state index in [0.717, 1.165) is 4.90 Å². The Morgan fingerprint density at radius 3 is 2.63 bits per heavy atom. The Kier molecular flexibility index (Phi) is 3.38. The minimum atomic E-state index is -0.717. The van der Waals surface area contributed by atoms with E-state index >= 15 is 0 Å². The van der Waals surface area contributed by atoms with Gasteiger partial charge in [-0.1, -0.05) is 0 Å². The molecule has 0 atom stereocenters. The molecule has 0 unspecified atom stereocenters. The largest absolute Gasteiger partial charge is 0.443 e. The fourth-order valence-electron chi connectivity index (χ4n) is 1.77. The van der Waals surface area contributed by atoms with Crippen molar-refractivity contribution in [2.24, 2.45) is 0 Å². The second-order valence-electron chi connectivity index (χ2n) is 5.30. The van der Waals surface area contributed by atoms with Gasteiger partial charge in [0.05, 0.1) is 11.0 Å². The minimum Gasteiger partial charge on any atom is -0.443 e. The van der Waals surface area contributed by atoms with E-state index in [1.165, 1.54) is 12.1 Å². The lowest BCUT2D eigenvalue weighted by atomic mass is 10.1. The third-order valence-electron chi connectivity index (χ3n) is 2.56. The molecule has 0 saturated heterocycles. The Morgan fingerprint density at radius 2 is 2.05 bits per heavy atom. The summed E-state index contributed by atoms with van der Waals surface area (Å²) >= 11 is 3.02. The summed E-state index contributed by atoms with van der Waals surface area (Å²) < 4.78 is 18.8. The number of rotatable bonds is 0. The van der Waals surface area contributed by atoms with E-state index in [1.807, 2.05) is 0 Å². The Bertz CT molecular complexity index is 566. The van der Waals surface area contributed by atoms with Gasteiger partial charge in [-0.15, -0.1) is 0 Å². The van der Waals surface area contributed by atoms with Crippen LogP contribution in [-0.2, 0) is 11.3 Å². The van der Waals surface area contributed by atoms with Crippen molar-refractivity contribution in [3.63, 3.8) is 0 Å². The van der Waals surface area contributed by atoms with Gasteiger partial charge in [0, 0.05) is 5.56 Å². The maximum absolute atomic E-state index is 13.4. The SMILES string of the molecule is CC(C)(C)OC(=O)N1Cc2cc(F)c(Br)cc2C1=O. The van der Waals surface area contributed by atoms with Crippen LogP contribution in [-0.4, -0.2) is 22.5 Å². The molecule has 0 spiro atoms. The Labute approximate surface area is 118 Å². The van der Waals surface area contributed by atoms with Crippen LogP contribution < -0.4 is 0 Å². The zero-order chi connectivity index (χ0) is 14.4. The molecule has 1 aliphatic rings. The standard InChI is InChI=1S/C13H13BrFNO3/c1-13(2,3)19-12(18)16-6-7-4-10(15)9(14)5-8(7)11(16)17/h4-5H,6H2,1-3H3. The maximum Gasteiger partial charge on any atom is 0.417 e. The molecule has 19 heavy (non-hydrogen) atoms. The van der Waals surface area contributed by atoms with Crippen LogP contribution in [0.3, 0.4) is 0 Å². The number of hydrogen-bond donors (Lipinski definition) is 0. The van der Waals surface area contributed by atoms with Gasteiger partial charge in [0.15, 0.2) is 0 Å². The summed E-state index contributed by atoms with van der Waals surface area (Å²) in [4.78, 5) is 24.9. The Morgan fingerprint density at radius 1 is 1.42 bits per heavy atom. The van der Waals surface area contributed by atoms with Gasteiger partial charge in [-0.3, -0.25) is 4.79 Å². The molecule has 102 valence electrons.